The SMILES string of the molecule is CN(C)C=NC1C(=O)N2C(C(=O)O)=C(Cl)CS[C@@H]12. The Hall–Kier alpha value is -1.21. The zero-order chi connectivity index (χ0) is 13.4. The van der Waals surface area contributed by atoms with E-state index in [0.29, 0.717) is 5.75 Å². The molecule has 2 rings (SSSR count). The van der Waals surface area contributed by atoms with Gasteiger partial charge in [-0.1, -0.05) is 11.6 Å². The van der Waals surface area contributed by atoms with Crippen LogP contribution < -0.4 is 0 Å². The number of hydrogen-bond donors (Lipinski definition) is 1. The number of hydrogen-bond acceptors (Lipinski definition) is 4. The number of carboxylic acid groups (broad SMARTS) is 1. The monoisotopic (exact) mass is 289 g/mol. The molecule has 1 fully saturated rings. The van der Waals surface area contributed by atoms with Crippen molar-refractivity contribution in [3.05, 3.63) is 10.7 Å². The highest BCUT2D eigenvalue weighted by atomic mass is 35.5. The largest absolute Gasteiger partial charge is 0.477 e. The maximum Gasteiger partial charge on any atom is 0.353 e. The Morgan fingerprint density at radius 3 is 2.89 bits per heavy atom. The highest BCUT2D eigenvalue weighted by Gasteiger charge is 2.53. The highest BCUT2D eigenvalue weighted by Crippen LogP contribution is 2.42. The predicted molar refractivity (Wildman–Crippen MR) is 69.6 cm³/mol. The third kappa shape index (κ3) is 2.08. The molecular formula is C10H12ClN3O3S. The van der Waals surface area contributed by atoms with Gasteiger partial charge in [0.25, 0.3) is 5.91 Å². The second-order valence-electron chi connectivity index (χ2n) is 4.14. The van der Waals surface area contributed by atoms with Crippen molar-refractivity contribution < 1.29 is 14.7 Å². The molecule has 1 amide bonds. The molecule has 1 saturated heterocycles. The molecule has 0 aromatic rings. The van der Waals surface area contributed by atoms with Gasteiger partial charge in [-0.05, 0) is 0 Å². The van der Waals surface area contributed by atoms with Crippen molar-refractivity contribution in [1.82, 2.24) is 9.80 Å². The Balaban J connectivity index is 2.21. The average Bonchev–Trinajstić information content (AvgIpc) is 2.28. The van der Waals surface area contributed by atoms with Crippen LogP contribution in [0.4, 0.5) is 0 Å². The van der Waals surface area contributed by atoms with Crippen molar-refractivity contribution in [3.8, 4) is 0 Å². The first-order valence-electron chi connectivity index (χ1n) is 5.20. The summed E-state index contributed by atoms with van der Waals surface area (Å²) in [6.45, 7) is 0. The molecule has 0 bridgehead atoms. The van der Waals surface area contributed by atoms with E-state index in [1.165, 1.54) is 16.7 Å². The summed E-state index contributed by atoms with van der Waals surface area (Å²) in [4.78, 5) is 30.1. The number of β-lactam (4-membered cyclic amide) rings is 1. The Bertz CT molecular complexity index is 463. The van der Waals surface area contributed by atoms with E-state index in [1.807, 2.05) is 0 Å². The van der Waals surface area contributed by atoms with Crippen LogP contribution in [0, 0.1) is 0 Å². The van der Waals surface area contributed by atoms with Crippen molar-refractivity contribution in [1.29, 1.82) is 0 Å². The minimum Gasteiger partial charge on any atom is -0.477 e. The Morgan fingerprint density at radius 2 is 2.33 bits per heavy atom. The molecular weight excluding hydrogens is 278 g/mol. The molecule has 2 heterocycles. The summed E-state index contributed by atoms with van der Waals surface area (Å²) < 4.78 is 0. The number of aliphatic carboxylic acids is 1. The third-order valence-electron chi connectivity index (χ3n) is 2.55. The maximum absolute atomic E-state index is 11.9. The summed E-state index contributed by atoms with van der Waals surface area (Å²) in [5.41, 5.74) is -0.110. The fraction of sp³-hybridized carbons (Fsp3) is 0.500. The number of carbonyl (C=O) groups is 2. The fourth-order valence-corrected chi connectivity index (χ4v) is 3.31. The van der Waals surface area contributed by atoms with Crippen molar-refractivity contribution in [2.45, 2.75) is 11.4 Å². The van der Waals surface area contributed by atoms with Crippen molar-refractivity contribution >= 4 is 41.6 Å². The Kier molecular flexibility index (Phi) is 3.54. The van der Waals surface area contributed by atoms with Crippen LogP contribution in [0.2, 0.25) is 0 Å². The number of nitrogens with zero attached hydrogens (tertiary/aromatic N) is 3. The second kappa shape index (κ2) is 4.81. The van der Waals surface area contributed by atoms with Gasteiger partial charge >= 0.3 is 5.97 Å². The first-order valence-corrected chi connectivity index (χ1v) is 6.62. The lowest BCUT2D eigenvalue weighted by atomic mass is 10.1. The first-order chi connectivity index (χ1) is 8.43. The zero-order valence-electron chi connectivity index (χ0n) is 9.83. The van der Waals surface area contributed by atoms with Crippen LogP contribution in [0.15, 0.2) is 15.7 Å². The standard InChI is InChI=1S/C10H12ClN3O3S/c1-13(2)4-12-6-8(15)14-7(10(16)17)5(11)3-18-9(6)14/h4,6,9H,3H2,1-2H3,(H,16,17)/t6?,9-/m0/s1. The number of aliphatic imine (C=N–C) groups is 1. The molecule has 1 unspecified atom stereocenters. The van der Waals surface area contributed by atoms with E-state index in [1.54, 1.807) is 25.3 Å². The van der Waals surface area contributed by atoms with Gasteiger partial charge in [-0.2, -0.15) is 0 Å². The van der Waals surface area contributed by atoms with Crippen molar-refractivity contribution in [3.63, 3.8) is 0 Å². The summed E-state index contributed by atoms with van der Waals surface area (Å²) in [5.74, 6) is -1.10. The number of carbonyl (C=O) groups excluding carboxylic acids is 1. The molecule has 98 valence electrons. The smallest absolute Gasteiger partial charge is 0.353 e. The molecule has 1 N–H and O–H groups in total. The van der Waals surface area contributed by atoms with E-state index in [-0.39, 0.29) is 22.0 Å². The van der Waals surface area contributed by atoms with Crippen LogP contribution in [0.1, 0.15) is 0 Å². The highest BCUT2D eigenvalue weighted by molar-refractivity contribution is 8.00. The molecule has 0 spiro atoms. The van der Waals surface area contributed by atoms with Crippen LogP contribution in [0.5, 0.6) is 0 Å². The Morgan fingerprint density at radius 1 is 1.67 bits per heavy atom. The molecule has 0 aliphatic carbocycles. The molecule has 0 radical (unpaired) electrons. The minimum absolute atomic E-state index is 0.110. The molecule has 2 atom stereocenters. The first kappa shape index (κ1) is 13.2. The molecule has 2 aliphatic rings. The van der Waals surface area contributed by atoms with E-state index in [0.717, 1.165) is 0 Å². The van der Waals surface area contributed by atoms with Gasteiger partial charge in [0.2, 0.25) is 0 Å². The van der Waals surface area contributed by atoms with E-state index >= 15 is 0 Å². The fourth-order valence-electron chi connectivity index (χ4n) is 1.77. The number of thioether (sulfide) groups is 1. The number of amides is 1. The summed E-state index contributed by atoms with van der Waals surface area (Å²) in [7, 11) is 3.61. The van der Waals surface area contributed by atoms with Gasteiger partial charge in [0.05, 0.1) is 11.4 Å². The maximum atomic E-state index is 11.9. The van der Waals surface area contributed by atoms with E-state index in [9.17, 15) is 9.59 Å². The zero-order valence-corrected chi connectivity index (χ0v) is 11.4. The van der Waals surface area contributed by atoms with E-state index in [2.05, 4.69) is 4.99 Å². The third-order valence-corrected chi connectivity index (χ3v) is 4.29. The molecule has 2 aliphatic heterocycles. The number of halogens is 1. The summed E-state index contributed by atoms with van der Waals surface area (Å²) in [5, 5.41) is 9.00. The van der Waals surface area contributed by atoms with Gasteiger partial charge < -0.3 is 10.0 Å². The normalized spacial score (nSPS) is 27.3. The van der Waals surface area contributed by atoms with Gasteiger partial charge in [-0.25, -0.2) is 4.79 Å². The lowest BCUT2D eigenvalue weighted by Crippen LogP contribution is -2.64. The Labute approximate surface area is 113 Å². The van der Waals surface area contributed by atoms with Crippen LogP contribution in [0.25, 0.3) is 0 Å². The lowest BCUT2D eigenvalue weighted by molar-refractivity contribution is -0.147. The lowest BCUT2D eigenvalue weighted by Gasteiger charge is -2.47. The van der Waals surface area contributed by atoms with Gasteiger partial charge in [0, 0.05) is 19.8 Å². The van der Waals surface area contributed by atoms with Crippen LogP contribution in [-0.2, 0) is 9.59 Å². The molecule has 0 saturated carbocycles. The number of rotatable bonds is 3. The molecule has 0 aromatic heterocycles. The van der Waals surface area contributed by atoms with Crippen LogP contribution in [0.3, 0.4) is 0 Å². The summed E-state index contributed by atoms with van der Waals surface area (Å²) in [6, 6.07) is -0.517. The second-order valence-corrected chi connectivity index (χ2v) is 5.70. The van der Waals surface area contributed by atoms with E-state index in [4.69, 9.17) is 16.7 Å². The van der Waals surface area contributed by atoms with Crippen LogP contribution in [-0.4, -0.2) is 64.4 Å². The average molecular weight is 290 g/mol. The summed E-state index contributed by atoms with van der Waals surface area (Å²) >= 11 is 7.28. The topological polar surface area (TPSA) is 73.2 Å². The van der Waals surface area contributed by atoms with E-state index < -0.39 is 12.0 Å². The molecule has 18 heavy (non-hydrogen) atoms. The van der Waals surface area contributed by atoms with Gasteiger partial charge in [-0.15, -0.1) is 11.8 Å². The van der Waals surface area contributed by atoms with Crippen LogP contribution >= 0.6 is 23.4 Å². The molecule has 8 heteroatoms. The van der Waals surface area contributed by atoms with Gasteiger partial charge in [0.15, 0.2) is 6.04 Å². The van der Waals surface area contributed by atoms with Crippen molar-refractivity contribution in [2.24, 2.45) is 4.99 Å². The number of fused-ring (bicyclic) bond motifs is 1. The van der Waals surface area contributed by atoms with Gasteiger partial charge in [-0.3, -0.25) is 14.7 Å². The summed E-state index contributed by atoms with van der Waals surface area (Å²) in [6.07, 6.45) is 1.56. The molecule has 6 nitrogen and oxygen atoms in total. The van der Waals surface area contributed by atoms with Crippen molar-refractivity contribution in [2.75, 3.05) is 19.8 Å². The minimum atomic E-state index is -1.17. The predicted octanol–water partition coefficient (Wildman–Crippen LogP) is 0.395. The molecule has 0 aromatic carbocycles. The number of carboxylic acids is 1. The quantitative estimate of drug-likeness (QED) is 0.462. The van der Waals surface area contributed by atoms with Gasteiger partial charge in [0.1, 0.15) is 11.1 Å².